The van der Waals surface area contributed by atoms with Crippen molar-refractivity contribution in [1.82, 2.24) is 10.2 Å². The Kier molecular flexibility index (Phi) is 11.9. The minimum atomic E-state index is -4.24. The Bertz CT molecular complexity index is 1480. The number of carbonyl (C=O) groups excluding carboxylic acids is 2. The number of nitrogens with zero attached hydrogens (tertiary/aromatic N) is 2. The zero-order valence-electron chi connectivity index (χ0n) is 23.8. The number of halogens is 3. The Morgan fingerprint density at radius 2 is 1.52 bits per heavy atom. The monoisotopic (exact) mass is 653 g/mol. The number of anilines is 1. The van der Waals surface area contributed by atoms with Crippen molar-refractivity contribution in [2.45, 2.75) is 57.6 Å². The number of carbonyl (C=O) groups is 2. The van der Waals surface area contributed by atoms with Gasteiger partial charge in [-0.15, -0.1) is 0 Å². The van der Waals surface area contributed by atoms with E-state index in [1.54, 1.807) is 49.4 Å². The average molecular weight is 655 g/mol. The number of amides is 2. The van der Waals surface area contributed by atoms with Crippen LogP contribution in [0.4, 0.5) is 5.69 Å². The molecule has 226 valence electrons. The minimum Gasteiger partial charge on any atom is -0.494 e. The summed E-state index contributed by atoms with van der Waals surface area (Å²) >= 11 is 18.5. The van der Waals surface area contributed by atoms with E-state index in [0.717, 1.165) is 4.31 Å². The summed E-state index contributed by atoms with van der Waals surface area (Å²) in [7, 11) is -4.24. The lowest BCUT2D eigenvalue weighted by atomic mass is 10.1. The summed E-state index contributed by atoms with van der Waals surface area (Å²) in [5.74, 6) is -0.413. The summed E-state index contributed by atoms with van der Waals surface area (Å²) < 4.78 is 34.4. The lowest BCUT2D eigenvalue weighted by molar-refractivity contribution is -0.140. The van der Waals surface area contributed by atoms with Gasteiger partial charge in [-0.3, -0.25) is 13.9 Å². The first kappa shape index (κ1) is 33.5. The van der Waals surface area contributed by atoms with Crippen molar-refractivity contribution in [2.75, 3.05) is 17.5 Å². The van der Waals surface area contributed by atoms with Crippen LogP contribution in [0.25, 0.3) is 0 Å². The van der Waals surface area contributed by atoms with Gasteiger partial charge in [0, 0.05) is 27.7 Å². The minimum absolute atomic E-state index is 0.0447. The van der Waals surface area contributed by atoms with Gasteiger partial charge in [0.1, 0.15) is 18.3 Å². The van der Waals surface area contributed by atoms with Crippen LogP contribution in [0.1, 0.15) is 39.7 Å². The van der Waals surface area contributed by atoms with Crippen molar-refractivity contribution in [3.05, 3.63) is 87.4 Å². The Hall–Kier alpha value is -2.98. The van der Waals surface area contributed by atoms with Gasteiger partial charge in [0.25, 0.3) is 10.0 Å². The molecule has 0 aromatic heterocycles. The number of sulfonamides is 1. The van der Waals surface area contributed by atoms with E-state index in [0.29, 0.717) is 33.0 Å². The van der Waals surface area contributed by atoms with Crippen molar-refractivity contribution >= 4 is 62.3 Å². The maximum atomic E-state index is 14.1. The molecule has 0 aliphatic rings. The highest BCUT2D eigenvalue weighted by molar-refractivity contribution is 7.92. The SMILES string of the molecule is CCOc1ccc(N(CC(=O)N(Cc2ccc(Cl)cc2Cl)C(CC)C(=O)NC(C)C)S(=O)(=O)c2ccc(Cl)cc2)cc1. The second-order valence-corrected chi connectivity index (χ2v) is 12.9. The average Bonchev–Trinajstić information content (AvgIpc) is 2.93. The first-order valence-electron chi connectivity index (χ1n) is 13.4. The van der Waals surface area contributed by atoms with Crippen molar-refractivity contribution in [1.29, 1.82) is 0 Å². The summed E-state index contributed by atoms with van der Waals surface area (Å²) in [5, 5.41) is 3.96. The second-order valence-electron chi connectivity index (χ2n) is 9.74. The predicted octanol–water partition coefficient (Wildman–Crippen LogP) is 6.57. The number of hydrogen-bond donors (Lipinski definition) is 1. The van der Waals surface area contributed by atoms with Gasteiger partial charge in [0.15, 0.2) is 0 Å². The van der Waals surface area contributed by atoms with E-state index in [4.69, 9.17) is 39.5 Å². The van der Waals surface area contributed by atoms with E-state index in [-0.39, 0.29) is 35.5 Å². The molecule has 12 heteroatoms. The molecule has 3 aromatic rings. The lowest BCUT2D eigenvalue weighted by Gasteiger charge is -2.33. The molecule has 3 rings (SSSR count). The van der Waals surface area contributed by atoms with Gasteiger partial charge in [0.05, 0.1) is 17.2 Å². The van der Waals surface area contributed by atoms with E-state index in [9.17, 15) is 18.0 Å². The number of nitrogens with one attached hydrogen (secondary N) is 1. The Labute approximate surface area is 262 Å². The maximum absolute atomic E-state index is 14.1. The fourth-order valence-electron chi connectivity index (χ4n) is 4.27. The molecule has 0 radical (unpaired) electrons. The van der Waals surface area contributed by atoms with Gasteiger partial charge in [-0.25, -0.2) is 8.42 Å². The zero-order valence-corrected chi connectivity index (χ0v) is 26.9. The van der Waals surface area contributed by atoms with E-state index < -0.39 is 28.5 Å². The number of ether oxygens (including phenoxy) is 1. The maximum Gasteiger partial charge on any atom is 0.264 e. The molecule has 0 bridgehead atoms. The third-order valence-corrected chi connectivity index (χ3v) is 8.92. The molecule has 0 saturated carbocycles. The van der Waals surface area contributed by atoms with Gasteiger partial charge in [0.2, 0.25) is 11.8 Å². The van der Waals surface area contributed by atoms with Crippen LogP contribution in [0.2, 0.25) is 15.1 Å². The van der Waals surface area contributed by atoms with Crippen LogP contribution < -0.4 is 14.4 Å². The second kappa shape index (κ2) is 15.0. The smallest absolute Gasteiger partial charge is 0.264 e. The molecule has 42 heavy (non-hydrogen) atoms. The highest BCUT2D eigenvalue weighted by Crippen LogP contribution is 2.28. The number of hydrogen-bond acceptors (Lipinski definition) is 5. The molecule has 8 nitrogen and oxygen atoms in total. The van der Waals surface area contributed by atoms with Crippen LogP contribution in [-0.4, -0.2) is 50.4 Å². The molecular formula is C30H34Cl3N3O5S. The van der Waals surface area contributed by atoms with E-state index in [2.05, 4.69) is 5.32 Å². The van der Waals surface area contributed by atoms with E-state index >= 15 is 0 Å². The Morgan fingerprint density at radius 1 is 0.905 bits per heavy atom. The van der Waals surface area contributed by atoms with Crippen LogP contribution in [0.5, 0.6) is 5.75 Å². The molecule has 3 aromatic carbocycles. The third kappa shape index (κ3) is 8.53. The molecule has 0 fully saturated rings. The molecule has 0 aliphatic carbocycles. The van der Waals surface area contributed by atoms with Crippen LogP contribution in [0, 0.1) is 0 Å². The van der Waals surface area contributed by atoms with Crippen LogP contribution in [0.3, 0.4) is 0 Å². The van der Waals surface area contributed by atoms with Gasteiger partial charge >= 0.3 is 0 Å². The van der Waals surface area contributed by atoms with Gasteiger partial charge in [-0.05, 0) is 93.4 Å². The zero-order chi connectivity index (χ0) is 31.0. The Morgan fingerprint density at radius 3 is 2.07 bits per heavy atom. The highest BCUT2D eigenvalue weighted by Gasteiger charge is 2.34. The molecule has 0 spiro atoms. The molecule has 0 saturated heterocycles. The largest absolute Gasteiger partial charge is 0.494 e. The Balaban J connectivity index is 2.09. The lowest BCUT2D eigenvalue weighted by Crippen LogP contribution is -2.53. The molecule has 0 heterocycles. The van der Waals surface area contributed by atoms with Gasteiger partial charge in [-0.1, -0.05) is 47.8 Å². The van der Waals surface area contributed by atoms with Crippen LogP contribution in [-0.2, 0) is 26.2 Å². The molecular weight excluding hydrogens is 621 g/mol. The van der Waals surface area contributed by atoms with Crippen molar-refractivity contribution in [3.63, 3.8) is 0 Å². The molecule has 0 aliphatic heterocycles. The summed E-state index contributed by atoms with van der Waals surface area (Å²) in [6.45, 7) is 7.06. The molecule has 1 unspecified atom stereocenters. The highest BCUT2D eigenvalue weighted by atomic mass is 35.5. The van der Waals surface area contributed by atoms with Crippen molar-refractivity contribution < 1.29 is 22.7 Å². The summed E-state index contributed by atoms with van der Waals surface area (Å²) in [5.41, 5.74) is 0.796. The fourth-order valence-corrected chi connectivity index (χ4v) is 6.28. The van der Waals surface area contributed by atoms with Gasteiger partial charge < -0.3 is 15.0 Å². The first-order chi connectivity index (χ1) is 19.9. The van der Waals surface area contributed by atoms with Crippen LogP contribution in [0.15, 0.2) is 71.6 Å². The van der Waals surface area contributed by atoms with Crippen LogP contribution >= 0.6 is 34.8 Å². The van der Waals surface area contributed by atoms with Crippen molar-refractivity contribution in [3.8, 4) is 5.75 Å². The fraction of sp³-hybridized carbons (Fsp3) is 0.333. The normalized spacial score (nSPS) is 12.1. The van der Waals surface area contributed by atoms with E-state index in [1.807, 2.05) is 20.8 Å². The predicted molar refractivity (Wildman–Crippen MR) is 168 cm³/mol. The topological polar surface area (TPSA) is 96.0 Å². The summed E-state index contributed by atoms with van der Waals surface area (Å²) in [6.07, 6.45) is 0.280. The molecule has 2 amide bonds. The van der Waals surface area contributed by atoms with E-state index in [1.165, 1.54) is 29.2 Å². The summed E-state index contributed by atoms with van der Waals surface area (Å²) in [6, 6.07) is 15.9. The quantitative estimate of drug-likeness (QED) is 0.225. The molecule has 1 N–H and O–H groups in total. The number of benzene rings is 3. The van der Waals surface area contributed by atoms with Crippen molar-refractivity contribution in [2.24, 2.45) is 0 Å². The third-order valence-electron chi connectivity index (χ3n) is 6.29. The van der Waals surface area contributed by atoms with Gasteiger partial charge in [-0.2, -0.15) is 0 Å². The summed E-state index contributed by atoms with van der Waals surface area (Å²) in [4.78, 5) is 28.7. The molecule has 1 atom stereocenters. The standard InChI is InChI=1S/C30H34Cl3N3O5S/c1-5-28(30(38)34-20(3)4)35(18-21-7-8-23(32)17-27(21)33)29(37)19-36(24-11-13-25(14-12-24)41-6-2)42(39,40)26-15-9-22(31)10-16-26/h7-17,20,28H,5-6,18-19H2,1-4H3,(H,34,38). The first-order valence-corrected chi connectivity index (χ1v) is 16.0. The number of rotatable bonds is 13.